The van der Waals surface area contributed by atoms with Crippen molar-refractivity contribution in [2.45, 2.75) is 42.3 Å². The van der Waals surface area contributed by atoms with Crippen molar-refractivity contribution >= 4 is 9.84 Å². The number of nitrogens with one attached hydrogen (secondary N) is 1. The molecule has 0 radical (unpaired) electrons. The van der Waals surface area contributed by atoms with Gasteiger partial charge in [0.25, 0.3) is 0 Å². The Bertz CT molecular complexity index is 712. The highest BCUT2D eigenvalue weighted by molar-refractivity contribution is 7.90. The van der Waals surface area contributed by atoms with Crippen LogP contribution in [0.1, 0.15) is 31.4 Å². The van der Waals surface area contributed by atoms with Gasteiger partial charge in [0, 0.05) is 11.8 Å². The minimum Gasteiger partial charge on any atom is -0.387 e. The van der Waals surface area contributed by atoms with Crippen molar-refractivity contribution in [1.29, 1.82) is 0 Å². The number of halogens is 1. The van der Waals surface area contributed by atoms with Crippen LogP contribution >= 0.6 is 0 Å². The van der Waals surface area contributed by atoms with Crippen LogP contribution in [0.2, 0.25) is 0 Å². The first kappa shape index (κ1) is 18.8. The van der Waals surface area contributed by atoms with Gasteiger partial charge in [-0.2, -0.15) is 0 Å². The number of hydrogen-bond donors (Lipinski definition) is 2. The normalized spacial score (nSPS) is 23.2. The first-order valence-corrected chi connectivity index (χ1v) is 9.86. The molecule has 0 spiro atoms. The number of allylic oxidation sites excluding steroid dienone is 2. The number of benzene rings is 1. The van der Waals surface area contributed by atoms with Crippen molar-refractivity contribution in [3.05, 3.63) is 54.1 Å². The van der Waals surface area contributed by atoms with E-state index >= 15 is 0 Å². The second-order valence-corrected chi connectivity index (χ2v) is 8.21. The summed E-state index contributed by atoms with van der Waals surface area (Å²) in [6.45, 7) is 1.29. The van der Waals surface area contributed by atoms with Crippen LogP contribution in [0.3, 0.4) is 0 Å². The molecule has 4 nitrogen and oxygen atoms in total. The molecule has 0 aromatic heterocycles. The molecule has 3 atom stereocenters. The average Bonchev–Trinajstić information content (AvgIpc) is 2.59. The van der Waals surface area contributed by atoms with Crippen LogP contribution in [0, 0.1) is 0 Å². The lowest BCUT2D eigenvalue weighted by molar-refractivity contribution is 0.0964. The molecule has 0 amide bonds. The maximum absolute atomic E-state index is 13.6. The van der Waals surface area contributed by atoms with E-state index in [9.17, 15) is 17.9 Å². The highest BCUT2D eigenvalue weighted by Gasteiger charge is 2.31. The first-order valence-electron chi connectivity index (χ1n) is 7.97. The largest absolute Gasteiger partial charge is 0.387 e. The van der Waals surface area contributed by atoms with Crippen molar-refractivity contribution in [3.8, 4) is 0 Å². The van der Waals surface area contributed by atoms with Gasteiger partial charge in [-0.1, -0.05) is 43.4 Å². The molecule has 0 fully saturated rings. The summed E-state index contributed by atoms with van der Waals surface area (Å²) < 4.78 is 36.6. The molecule has 1 aliphatic carbocycles. The summed E-state index contributed by atoms with van der Waals surface area (Å²) in [5, 5.41) is 13.8. The molecule has 6 heteroatoms. The fourth-order valence-corrected chi connectivity index (χ4v) is 3.48. The lowest BCUT2D eigenvalue weighted by Crippen LogP contribution is -2.52. The van der Waals surface area contributed by atoms with Gasteiger partial charge >= 0.3 is 0 Å². The first-order chi connectivity index (χ1) is 11.3. The Kier molecular flexibility index (Phi) is 5.96. The zero-order valence-electron chi connectivity index (χ0n) is 13.9. The van der Waals surface area contributed by atoms with E-state index in [1.807, 2.05) is 31.2 Å². The van der Waals surface area contributed by atoms with Crippen LogP contribution in [-0.2, 0) is 9.84 Å². The predicted molar refractivity (Wildman–Crippen MR) is 93.3 cm³/mol. The summed E-state index contributed by atoms with van der Waals surface area (Å²) in [5.41, 5.74) is 0.110. The molecule has 1 aromatic carbocycles. The number of hydrogen-bond acceptors (Lipinski definition) is 4. The van der Waals surface area contributed by atoms with E-state index < -0.39 is 28.7 Å². The standard InChI is InChI=1S/C18H24FNO3S/c1-3-18(11-5-4-6-12-18)20-16(13-19)17(21)14-7-9-15(10-8-14)24(2,22)23/h4-11,16-17,20-21H,3,12-13H2,1-2H3/t16-,17+,18-/m1/s1. The van der Waals surface area contributed by atoms with Crippen LogP contribution in [0.25, 0.3) is 0 Å². The van der Waals surface area contributed by atoms with Crippen molar-refractivity contribution in [3.63, 3.8) is 0 Å². The number of alkyl halides is 1. The van der Waals surface area contributed by atoms with Gasteiger partial charge in [-0.05, 0) is 30.5 Å². The summed E-state index contributed by atoms with van der Waals surface area (Å²) in [4.78, 5) is 0.175. The number of aliphatic hydroxyl groups excluding tert-OH is 1. The molecular formula is C18H24FNO3S. The Labute approximate surface area is 143 Å². The summed E-state index contributed by atoms with van der Waals surface area (Å²) in [6.07, 6.45) is 9.43. The van der Waals surface area contributed by atoms with Gasteiger partial charge in [0.2, 0.25) is 0 Å². The Morgan fingerprint density at radius 3 is 2.42 bits per heavy atom. The summed E-state index contributed by atoms with van der Waals surface area (Å²) >= 11 is 0. The molecule has 2 rings (SSSR count). The van der Waals surface area contributed by atoms with E-state index in [0.29, 0.717) is 5.56 Å². The van der Waals surface area contributed by atoms with E-state index in [1.165, 1.54) is 24.3 Å². The fraction of sp³-hybridized carbons (Fsp3) is 0.444. The topological polar surface area (TPSA) is 66.4 Å². The van der Waals surface area contributed by atoms with Gasteiger partial charge in [0.1, 0.15) is 6.67 Å². The average molecular weight is 353 g/mol. The zero-order valence-corrected chi connectivity index (χ0v) is 14.8. The maximum Gasteiger partial charge on any atom is 0.175 e. The molecule has 0 saturated carbocycles. The molecule has 132 valence electrons. The van der Waals surface area contributed by atoms with Crippen LogP contribution < -0.4 is 5.32 Å². The Hall–Kier alpha value is -1.50. The quantitative estimate of drug-likeness (QED) is 0.791. The SMILES string of the molecule is CC[C@@]1(N[C@H](CF)[C@@H](O)c2ccc(S(C)(=O)=O)cc2)C=CC=CC1. The molecule has 1 aliphatic rings. The molecule has 24 heavy (non-hydrogen) atoms. The molecule has 0 bridgehead atoms. The number of rotatable bonds is 7. The Morgan fingerprint density at radius 1 is 1.29 bits per heavy atom. The Morgan fingerprint density at radius 2 is 1.96 bits per heavy atom. The summed E-state index contributed by atoms with van der Waals surface area (Å²) in [6, 6.07) is 5.15. The minimum absolute atomic E-state index is 0.175. The lowest BCUT2D eigenvalue weighted by atomic mass is 9.86. The van der Waals surface area contributed by atoms with Gasteiger partial charge in [-0.25, -0.2) is 12.8 Å². The highest BCUT2D eigenvalue weighted by atomic mass is 32.2. The van der Waals surface area contributed by atoms with Gasteiger partial charge in [0.15, 0.2) is 9.84 Å². The third kappa shape index (κ3) is 4.32. The molecular weight excluding hydrogens is 329 g/mol. The van der Waals surface area contributed by atoms with Crippen molar-refractivity contribution in [1.82, 2.24) is 5.32 Å². The van der Waals surface area contributed by atoms with E-state index in [4.69, 9.17) is 0 Å². The molecule has 0 unspecified atom stereocenters. The second-order valence-electron chi connectivity index (χ2n) is 6.19. The zero-order chi connectivity index (χ0) is 17.8. The molecule has 1 aromatic rings. The van der Waals surface area contributed by atoms with Gasteiger partial charge in [-0.15, -0.1) is 0 Å². The van der Waals surface area contributed by atoms with Crippen LogP contribution in [-0.4, -0.2) is 38.0 Å². The summed E-state index contributed by atoms with van der Waals surface area (Å²) in [7, 11) is -3.30. The molecule has 2 N–H and O–H groups in total. The smallest absolute Gasteiger partial charge is 0.175 e. The van der Waals surface area contributed by atoms with Gasteiger partial charge in [0.05, 0.1) is 17.0 Å². The second kappa shape index (κ2) is 7.59. The van der Waals surface area contributed by atoms with Crippen molar-refractivity contribution < 1.29 is 17.9 Å². The van der Waals surface area contributed by atoms with Crippen molar-refractivity contribution in [2.75, 3.05) is 12.9 Å². The third-order valence-corrected chi connectivity index (χ3v) is 5.57. The van der Waals surface area contributed by atoms with Crippen molar-refractivity contribution in [2.24, 2.45) is 0 Å². The van der Waals surface area contributed by atoms with Crippen LogP contribution in [0.15, 0.2) is 53.5 Å². The van der Waals surface area contributed by atoms with E-state index in [2.05, 4.69) is 5.32 Å². The monoisotopic (exact) mass is 353 g/mol. The molecule has 0 heterocycles. The third-order valence-electron chi connectivity index (χ3n) is 4.45. The summed E-state index contributed by atoms with van der Waals surface area (Å²) in [5.74, 6) is 0. The Balaban J connectivity index is 2.18. The number of aliphatic hydroxyl groups is 1. The van der Waals surface area contributed by atoms with E-state index in [0.717, 1.165) is 19.1 Å². The molecule has 0 aliphatic heterocycles. The van der Waals surface area contributed by atoms with E-state index in [1.54, 1.807) is 0 Å². The van der Waals surface area contributed by atoms with E-state index in [-0.39, 0.29) is 10.4 Å². The predicted octanol–water partition coefficient (Wildman–Crippen LogP) is 2.72. The lowest BCUT2D eigenvalue weighted by Gasteiger charge is -2.36. The number of sulfone groups is 1. The molecule has 0 saturated heterocycles. The highest BCUT2D eigenvalue weighted by Crippen LogP contribution is 2.26. The van der Waals surface area contributed by atoms with Crippen LogP contribution in [0.5, 0.6) is 0 Å². The van der Waals surface area contributed by atoms with Gasteiger partial charge in [-0.3, -0.25) is 5.32 Å². The fourth-order valence-electron chi connectivity index (χ4n) is 2.85. The van der Waals surface area contributed by atoms with Gasteiger partial charge < -0.3 is 5.11 Å². The van der Waals surface area contributed by atoms with Crippen LogP contribution in [0.4, 0.5) is 4.39 Å². The maximum atomic E-state index is 13.6. The minimum atomic E-state index is -3.30.